The maximum atomic E-state index is 11.8. The van der Waals surface area contributed by atoms with Crippen LogP contribution in [0.1, 0.15) is 32.1 Å². The molecule has 2 aliphatic carbocycles. The van der Waals surface area contributed by atoms with E-state index in [1.807, 2.05) is 4.90 Å². The summed E-state index contributed by atoms with van der Waals surface area (Å²) < 4.78 is 4.92. The van der Waals surface area contributed by atoms with Crippen molar-refractivity contribution >= 4 is 38.0 Å². The lowest BCUT2D eigenvalue weighted by atomic mass is 9.82. The number of carbonyl (C=O) groups excluding carboxylic acids is 1. The lowest BCUT2D eigenvalue weighted by Crippen LogP contribution is -2.36. The molecule has 3 rings (SSSR count). The molecule has 0 spiro atoms. The number of alkyl halides is 2. The van der Waals surface area contributed by atoms with Crippen LogP contribution in [0.3, 0.4) is 0 Å². The van der Waals surface area contributed by atoms with Gasteiger partial charge in [0.1, 0.15) is 0 Å². The molecule has 16 heavy (non-hydrogen) atoms. The number of halogens is 2. The molecule has 0 aromatic rings. The molecule has 3 nitrogen and oxygen atoms in total. The van der Waals surface area contributed by atoms with Crippen molar-refractivity contribution in [2.75, 3.05) is 7.11 Å². The van der Waals surface area contributed by atoms with Gasteiger partial charge in [0.05, 0.1) is 18.2 Å². The second-order valence-electron chi connectivity index (χ2n) is 5.16. The second-order valence-corrected chi connectivity index (χ2v) is 7.51. The molecule has 1 heterocycles. The van der Waals surface area contributed by atoms with Crippen LogP contribution in [-0.2, 0) is 4.74 Å². The van der Waals surface area contributed by atoms with Crippen molar-refractivity contribution in [1.82, 2.24) is 4.90 Å². The molecule has 0 unspecified atom stereocenters. The van der Waals surface area contributed by atoms with Crippen LogP contribution in [0.25, 0.3) is 0 Å². The summed E-state index contributed by atoms with van der Waals surface area (Å²) in [5.41, 5.74) is 0.219. The van der Waals surface area contributed by atoms with Crippen LogP contribution in [0.2, 0.25) is 0 Å². The molecule has 1 aliphatic heterocycles. The Morgan fingerprint density at radius 3 is 2.19 bits per heavy atom. The minimum Gasteiger partial charge on any atom is -0.453 e. The van der Waals surface area contributed by atoms with E-state index in [-0.39, 0.29) is 17.2 Å². The number of hydrogen-bond acceptors (Lipinski definition) is 2. The van der Waals surface area contributed by atoms with Gasteiger partial charge in [-0.1, -0.05) is 31.9 Å². The first-order valence-corrected chi connectivity index (χ1v) is 7.57. The number of rotatable bonds is 0. The first-order chi connectivity index (χ1) is 7.57. The predicted molar refractivity (Wildman–Crippen MR) is 68.2 cm³/mol. The van der Waals surface area contributed by atoms with Crippen LogP contribution < -0.4 is 0 Å². The highest BCUT2D eigenvalue weighted by Crippen LogP contribution is 2.70. The maximum Gasteiger partial charge on any atom is 0.410 e. The molecule has 0 bridgehead atoms. The minimum atomic E-state index is -0.138. The van der Waals surface area contributed by atoms with Gasteiger partial charge in [0.15, 0.2) is 0 Å². The first-order valence-electron chi connectivity index (χ1n) is 5.74. The van der Waals surface area contributed by atoms with Crippen LogP contribution in [-0.4, -0.2) is 38.8 Å². The number of methoxy groups -OCH3 is 1. The summed E-state index contributed by atoms with van der Waals surface area (Å²) in [7, 11) is 1.48. The first kappa shape index (κ1) is 11.3. The molecule has 2 saturated carbocycles. The van der Waals surface area contributed by atoms with Gasteiger partial charge in [-0.2, -0.15) is 0 Å². The normalized spacial score (nSPS) is 49.6. The quantitative estimate of drug-likeness (QED) is 0.495. The van der Waals surface area contributed by atoms with Gasteiger partial charge in [0.2, 0.25) is 0 Å². The van der Waals surface area contributed by atoms with E-state index in [9.17, 15) is 4.79 Å². The highest BCUT2D eigenvalue weighted by Gasteiger charge is 2.81. The van der Waals surface area contributed by atoms with E-state index in [4.69, 9.17) is 4.74 Å². The predicted octanol–water partition coefficient (Wildman–Crippen LogP) is 3.05. The van der Waals surface area contributed by atoms with E-state index in [0.29, 0.717) is 9.65 Å². The van der Waals surface area contributed by atoms with Gasteiger partial charge in [-0.3, -0.25) is 4.90 Å². The summed E-state index contributed by atoms with van der Waals surface area (Å²) >= 11 is 7.44. The third-order valence-corrected chi connectivity index (χ3v) is 7.30. The second kappa shape index (κ2) is 3.37. The SMILES string of the molecule is COC(=O)N1[C@]23CCC[C@@]12C[C@H](Br)[C@H](Br)C3. The Hall–Kier alpha value is 0.230. The molecule has 3 aliphatic rings. The Bertz CT molecular complexity index is 327. The number of nitrogens with zero attached hydrogens (tertiary/aromatic N) is 1. The third kappa shape index (κ3) is 1.12. The summed E-state index contributed by atoms with van der Waals surface area (Å²) in [5.74, 6) is 0. The van der Waals surface area contributed by atoms with Crippen LogP contribution in [0.5, 0.6) is 0 Å². The van der Waals surface area contributed by atoms with Gasteiger partial charge in [0.25, 0.3) is 0 Å². The summed E-state index contributed by atoms with van der Waals surface area (Å²) in [6.07, 6.45) is 5.50. The van der Waals surface area contributed by atoms with E-state index in [1.165, 1.54) is 13.5 Å². The van der Waals surface area contributed by atoms with Crippen molar-refractivity contribution in [2.45, 2.75) is 52.8 Å². The number of ether oxygens (including phenoxy) is 1. The van der Waals surface area contributed by atoms with Crippen molar-refractivity contribution in [3.63, 3.8) is 0 Å². The Kier molecular flexibility index (Phi) is 2.39. The summed E-state index contributed by atoms with van der Waals surface area (Å²) in [5, 5.41) is 0. The Morgan fingerprint density at radius 1 is 1.25 bits per heavy atom. The summed E-state index contributed by atoms with van der Waals surface area (Å²) in [6.45, 7) is 0. The van der Waals surface area contributed by atoms with Crippen molar-refractivity contribution in [1.29, 1.82) is 0 Å². The van der Waals surface area contributed by atoms with Crippen LogP contribution in [0.4, 0.5) is 4.79 Å². The van der Waals surface area contributed by atoms with E-state index in [2.05, 4.69) is 31.9 Å². The van der Waals surface area contributed by atoms with Crippen LogP contribution >= 0.6 is 31.9 Å². The van der Waals surface area contributed by atoms with Gasteiger partial charge < -0.3 is 4.74 Å². The highest BCUT2D eigenvalue weighted by atomic mass is 79.9. The molecule has 3 fully saturated rings. The fraction of sp³-hybridized carbons (Fsp3) is 0.909. The van der Waals surface area contributed by atoms with Gasteiger partial charge >= 0.3 is 6.09 Å². The van der Waals surface area contributed by atoms with E-state index in [0.717, 1.165) is 25.7 Å². The zero-order valence-electron chi connectivity index (χ0n) is 9.21. The molecule has 5 heteroatoms. The molecule has 1 saturated heterocycles. The maximum absolute atomic E-state index is 11.8. The largest absolute Gasteiger partial charge is 0.453 e. The summed E-state index contributed by atoms with van der Waals surface area (Å²) in [4.78, 5) is 14.8. The van der Waals surface area contributed by atoms with E-state index >= 15 is 0 Å². The molecule has 0 aromatic carbocycles. The molecule has 0 aromatic heterocycles. The highest BCUT2D eigenvalue weighted by molar-refractivity contribution is 9.12. The average Bonchev–Trinajstić information content (AvgIpc) is 2.60. The molecular formula is C11H15Br2NO2. The Balaban J connectivity index is 1.93. The smallest absolute Gasteiger partial charge is 0.410 e. The summed E-state index contributed by atoms with van der Waals surface area (Å²) in [6, 6.07) is 0. The van der Waals surface area contributed by atoms with Gasteiger partial charge in [-0.15, -0.1) is 0 Å². The molecular weight excluding hydrogens is 338 g/mol. The zero-order valence-corrected chi connectivity index (χ0v) is 12.4. The fourth-order valence-corrected chi connectivity index (χ4v) is 5.48. The molecule has 0 N–H and O–H groups in total. The van der Waals surface area contributed by atoms with Crippen molar-refractivity contribution < 1.29 is 9.53 Å². The van der Waals surface area contributed by atoms with E-state index < -0.39 is 0 Å². The van der Waals surface area contributed by atoms with E-state index in [1.54, 1.807) is 0 Å². The number of likely N-dealkylation sites (tertiary alicyclic amines) is 1. The number of amides is 1. The van der Waals surface area contributed by atoms with Gasteiger partial charge in [-0.05, 0) is 32.1 Å². The molecule has 4 atom stereocenters. The molecule has 0 radical (unpaired) electrons. The Labute approximate surface area is 112 Å². The standard InChI is InChI=1S/C11H15Br2NO2/c1-16-9(15)14-10-3-2-4-11(10,14)6-8(13)7(12)5-10/h7-8H,2-6H2,1H3/t7-,8+,10-,11-,14?/m0/s1. The lowest BCUT2D eigenvalue weighted by Gasteiger charge is -2.28. The van der Waals surface area contributed by atoms with Crippen LogP contribution in [0.15, 0.2) is 0 Å². The molecule has 1 amide bonds. The van der Waals surface area contributed by atoms with Gasteiger partial charge in [0, 0.05) is 9.65 Å². The Morgan fingerprint density at radius 2 is 1.75 bits per heavy atom. The molecule has 90 valence electrons. The zero-order chi connectivity index (χ0) is 11.6. The number of piperidine rings is 1. The monoisotopic (exact) mass is 351 g/mol. The van der Waals surface area contributed by atoms with Crippen molar-refractivity contribution in [3.05, 3.63) is 0 Å². The minimum absolute atomic E-state index is 0.110. The van der Waals surface area contributed by atoms with Crippen molar-refractivity contribution in [3.8, 4) is 0 Å². The average molecular weight is 353 g/mol. The van der Waals surface area contributed by atoms with Gasteiger partial charge in [-0.25, -0.2) is 4.79 Å². The van der Waals surface area contributed by atoms with Crippen LogP contribution in [0, 0.1) is 0 Å². The fourth-order valence-electron chi connectivity index (χ4n) is 4.04. The number of hydrogen-bond donors (Lipinski definition) is 0. The number of carbonyl (C=O) groups is 1. The third-order valence-electron chi connectivity index (χ3n) is 4.67. The topological polar surface area (TPSA) is 29.3 Å². The van der Waals surface area contributed by atoms with Crippen molar-refractivity contribution in [2.24, 2.45) is 0 Å². The lowest BCUT2D eigenvalue weighted by molar-refractivity contribution is 0.138.